The first-order valence-corrected chi connectivity index (χ1v) is 6.90. The molecule has 0 bridgehead atoms. The van der Waals surface area contributed by atoms with Gasteiger partial charge in [0.1, 0.15) is 0 Å². The molecular weight excluding hydrogens is 281 g/mol. The number of sulfone groups is 1. The Bertz CT molecular complexity index is 559. The van der Waals surface area contributed by atoms with Gasteiger partial charge in [0.05, 0.1) is 28.8 Å². The van der Waals surface area contributed by atoms with Crippen molar-refractivity contribution in [1.82, 2.24) is 5.32 Å². The molecule has 0 amide bonds. The maximum atomic E-state index is 11.8. The highest BCUT2D eigenvalue weighted by molar-refractivity contribution is 7.91. The normalized spacial score (nSPS) is 12.1. The fourth-order valence-corrected chi connectivity index (χ4v) is 2.49. The lowest BCUT2D eigenvalue weighted by atomic mass is 10.2. The van der Waals surface area contributed by atoms with E-state index in [4.69, 9.17) is 5.26 Å². The number of nitriles is 1. The molecule has 8 heteroatoms. The van der Waals surface area contributed by atoms with Gasteiger partial charge >= 0.3 is 6.18 Å². The van der Waals surface area contributed by atoms with E-state index in [0.717, 1.165) is 0 Å². The predicted molar refractivity (Wildman–Crippen MR) is 62.1 cm³/mol. The van der Waals surface area contributed by atoms with E-state index >= 15 is 0 Å². The van der Waals surface area contributed by atoms with Crippen LogP contribution in [-0.4, -0.2) is 33.4 Å². The van der Waals surface area contributed by atoms with Gasteiger partial charge in [0.2, 0.25) is 0 Å². The molecule has 0 fully saturated rings. The van der Waals surface area contributed by atoms with E-state index < -0.39 is 28.3 Å². The molecular formula is C11H11F3N2O2S. The Morgan fingerprint density at radius 3 is 2.26 bits per heavy atom. The Hall–Kier alpha value is -1.59. The number of hydrogen-bond acceptors (Lipinski definition) is 4. The molecule has 0 saturated carbocycles. The monoisotopic (exact) mass is 292 g/mol. The first-order chi connectivity index (χ1) is 8.74. The number of halogens is 3. The quantitative estimate of drug-likeness (QED) is 0.835. The van der Waals surface area contributed by atoms with Gasteiger partial charge in [-0.3, -0.25) is 0 Å². The van der Waals surface area contributed by atoms with E-state index in [0.29, 0.717) is 5.56 Å². The van der Waals surface area contributed by atoms with E-state index in [-0.39, 0.29) is 11.4 Å². The average molecular weight is 292 g/mol. The maximum absolute atomic E-state index is 11.8. The SMILES string of the molecule is N#Cc1ccc(S(=O)(=O)CCNCC(F)(F)F)cc1. The van der Waals surface area contributed by atoms with E-state index in [1.54, 1.807) is 0 Å². The van der Waals surface area contributed by atoms with E-state index in [2.05, 4.69) is 0 Å². The van der Waals surface area contributed by atoms with E-state index in [1.165, 1.54) is 24.3 Å². The number of hydrogen-bond donors (Lipinski definition) is 1. The molecule has 1 aromatic carbocycles. The highest BCUT2D eigenvalue weighted by atomic mass is 32.2. The molecule has 0 saturated heterocycles. The minimum atomic E-state index is -4.36. The van der Waals surface area contributed by atoms with Gasteiger partial charge in [-0.2, -0.15) is 18.4 Å². The average Bonchev–Trinajstić information content (AvgIpc) is 2.34. The van der Waals surface area contributed by atoms with E-state index in [1.807, 2.05) is 11.4 Å². The summed E-state index contributed by atoms with van der Waals surface area (Å²) < 4.78 is 59.0. The number of nitrogens with one attached hydrogen (secondary N) is 1. The summed E-state index contributed by atoms with van der Waals surface area (Å²) in [4.78, 5) is -0.0136. The molecule has 1 N–H and O–H groups in total. The maximum Gasteiger partial charge on any atom is 0.401 e. The fraction of sp³-hybridized carbons (Fsp3) is 0.364. The van der Waals surface area contributed by atoms with Crippen molar-refractivity contribution < 1.29 is 21.6 Å². The Morgan fingerprint density at radius 2 is 1.79 bits per heavy atom. The van der Waals surface area contributed by atoms with Crippen LogP contribution < -0.4 is 5.32 Å². The molecule has 0 aliphatic carbocycles. The molecule has 0 atom stereocenters. The Balaban J connectivity index is 2.59. The second-order valence-electron chi connectivity index (χ2n) is 3.75. The molecule has 0 aliphatic heterocycles. The number of rotatable bonds is 5. The van der Waals surface area contributed by atoms with Crippen molar-refractivity contribution in [2.45, 2.75) is 11.1 Å². The first-order valence-electron chi connectivity index (χ1n) is 5.25. The van der Waals surface area contributed by atoms with Crippen molar-refractivity contribution >= 4 is 9.84 Å². The lowest BCUT2D eigenvalue weighted by Gasteiger charge is -2.08. The zero-order valence-corrected chi connectivity index (χ0v) is 10.6. The predicted octanol–water partition coefficient (Wildman–Crippen LogP) is 1.48. The van der Waals surface area contributed by atoms with Crippen LogP contribution in [-0.2, 0) is 9.84 Å². The zero-order valence-electron chi connectivity index (χ0n) is 9.74. The van der Waals surface area contributed by atoms with Crippen LogP contribution in [0.2, 0.25) is 0 Å². The molecule has 0 heterocycles. The van der Waals surface area contributed by atoms with Crippen LogP contribution in [0.5, 0.6) is 0 Å². The third kappa shape index (κ3) is 5.28. The summed E-state index contributed by atoms with van der Waals surface area (Å²) >= 11 is 0. The molecule has 104 valence electrons. The largest absolute Gasteiger partial charge is 0.401 e. The van der Waals surface area contributed by atoms with Crippen LogP contribution in [0.3, 0.4) is 0 Å². The summed E-state index contributed by atoms with van der Waals surface area (Å²) in [5, 5.41) is 10.6. The lowest BCUT2D eigenvalue weighted by molar-refractivity contribution is -0.124. The number of benzene rings is 1. The van der Waals surface area contributed by atoms with Crippen LogP contribution in [0.25, 0.3) is 0 Å². The summed E-state index contributed by atoms with van der Waals surface area (Å²) in [6.45, 7) is -1.52. The Kier molecular flexibility index (Phi) is 4.91. The molecule has 0 unspecified atom stereocenters. The second kappa shape index (κ2) is 6.04. The van der Waals surface area contributed by atoms with Gasteiger partial charge in [-0.15, -0.1) is 0 Å². The molecule has 0 spiro atoms. The Labute approximate surface area is 108 Å². The van der Waals surface area contributed by atoms with Crippen molar-refractivity contribution in [2.24, 2.45) is 0 Å². The van der Waals surface area contributed by atoms with E-state index in [9.17, 15) is 21.6 Å². The Morgan fingerprint density at radius 1 is 1.21 bits per heavy atom. The molecule has 19 heavy (non-hydrogen) atoms. The second-order valence-corrected chi connectivity index (χ2v) is 5.86. The van der Waals surface area contributed by atoms with Gasteiger partial charge in [-0.05, 0) is 24.3 Å². The van der Waals surface area contributed by atoms with Crippen LogP contribution in [0.15, 0.2) is 29.2 Å². The summed E-state index contributed by atoms with van der Waals surface area (Å²) in [6.07, 6.45) is -4.36. The van der Waals surface area contributed by atoms with Gasteiger partial charge in [0.15, 0.2) is 9.84 Å². The van der Waals surface area contributed by atoms with Crippen molar-refractivity contribution in [2.75, 3.05) is 18.8 Å². The van der Waals surface area contributed by atoms with Gasteiger partial charge in [0.25, 0.3) is 0 Å². The molecule has 0 aromatic heterocycles. The third-order valence-corrected chi connectivity index (χ3v) is 3.95. The van der Waals surface area contributed by atoms with Gasteiger partial charge in [0, 0.05) is 6.54 Å². The van der Waals surface area contributed by atoms with Crippen molar-refractivity contribution in [3.8, 4) is 6.07 Å². The van der Waals surface area contributed by atoms with Crippen molar-refractivity contribution in [1.29, 1.82) is 5.26 Å². The lowest BCUT2D eigenvalue weighted by Crippen LogP contribution is -2.32. The summed E-state index contributed by atoms with van der Waals surface area (Å²) in [7, 11) is -3.64. The van der Waals surface area contributed by atoms with Crippen LogP contribution >= 0.6 is 0 Å². The molecule has 0 aliphatic rings. The third-order valence-electron chi connectivity index (χ3n) is 2.22. The van der Waals surface area contributed by atoms with Crippen molar-refractivity contribution in [3.05, 3.63) is 29.8 Å². The highest BCUT2D eigenvalue weighted by Gasteiger charge is 2.26. The molecule has 4 nitrogen and oxygen atoms in total. The molecule has 0 radical (unpaired) electrons. The van der Waals surface area contributed by atoms with Crippen LogP contribution in [0.4, 0.5) is 13.2 Å². The van der Waals surface area contributed by atoms with Gasteiger partial charge in [-0.25, -0.2) is 8.42 Å². The molecule has 1 aromatic rings. The zero-order chi connectivity index (χ0) is 14.5. The minimum Gasteiger partial charge on any atom is -0.308 e. The smallest absolute Gasteiger partial charge is 0.308 e. The first kappa shape index (κ1) is 15.5. The standard InChI is InChI=1S/C11H11F3N2O2S/c12-11(13,14)8-16-5-6-19(17,18)10-3-1-9(7-15)2-4-10/h1-4,16H,5-6,8H2. The summed E-state index contributed by atoms with van der Waals surface area (Å²) in [6, 6.07) is 7.05. The summed E-state index contributed by atoms with van der Waals surface area (Å²) in [5.74, 6) is -0.436. The fourth-order valence-electron chi connectivity index (χ4n) is 1.29. The van der Waals surface area contributed by atoms with Gasteiger partial charge < -0.3 is 5.32 Å². The number of nitrogens with zero attached hydrogens (tertiary/aromatic N) is 1. The van der Waals surface area contributed by atoms with Crippen molar-refractivity contribution in [3.63, 3.8) is 0 Å². The summed E-state index contributed by atoms with van der Waals surface area (Å²) in [5.41, 5.74) is 0.314. The molecule has 1 rings (SSSR count). The van der Waals surface area contributed by atoms with Crippen LogP contribution in [0.1, 0.15) is 5.56 Å². The minimum absolute atomic E-state index is 0.0136. The topological polar surface area (TPSA) is 70.0 Å². The van der Waals surface area contributed by atoms with Crippen LogP contribution in [0, 0.1) is 11.3 Å². The number of alkyl halides is 3. The highest BCUT2D eigenvalue weighted by Crippen LogP contribution is 2.13. The van der Waals surface area contributed by atoms with Gasteiger partial charge in [-0.1, -0.05) is 0 Å².